The molecule has 4 rings (SSSR count). The average molecular weight is 303 g/mol. The molecule has 0 saturated heterocycles. The Bertz CT molecular complexity index is 453. The Kier molecular flexibility index (Phi) is 3.70. The standard InChI is InChI=1S/C21H34O/c1-13(2)17-12-18-14(11-20(17)22)6-7-16-15(18)8-10-21(3)9-4-5-19(16)21/h13-19H,4-12H2,1-3H3/t14?,15-,16+,17?,18-,19-,21-/m0/s1. The van der Waals surface area contributed by atoms with E-state index in [1.54, 1.807) is 0 Å². The number of rotatable bonds is 1. The van der Waals surface area contributed by atoms with Gasteiger partial charge in [0.15, 0.2) is 0 Å². The molecule has 0 radical (unpaired) electrons. The molecule has 0 aliphatic heterocycles. The molecule has 1 nitrogen and oxygen atoms in total. The van der Waals surface area contributed by atoms with Crippen LogP contribution in [-0.2, 0) is 4.79 Å². The fourth-order valence-corrected chi connectivity index (χ4v) is 7.33. The first kappa shape index (κ1) is 15.2. The summed E-state index contributed by atoms with van der Waals surface area (Å²) in [4.78, 5) is 12.5. The predicted molar refractivity (Wildman–Crippen MR) is 90.4 cm³/mol. The largest absolute Gasteiger partial charge is 0.299 e. The van der Waals surface area contributed by atoms with Gasteiger partial charge in [-0.15, -0.1) is 0 Å². The highest BCUT2D eigenvalue weighted by molar-refractivity contribution is 5.82. The van der Waals surface area contributed by atoms with Crippen molar-refractivity contribution in [1.82, 2.24) is 0 Å². The molecule has 0 aromatic heterocycles. The molecular formula is C21H34O. The van der Waals surface area contributed by atoms with Crippen molar-refractivity contribution in [3.63, 3.8) is 0 Å². The maximum absolute atomic E-state index is 12.5. The average Bonchev–Trinajstić information content (AvgIpc) is 2.87. The van der Waals surface area contributed by atoms with Crippen molar-refractivity contribution in [3.8, 4) is 0 Å². The fraction of sp³-hybridized carbons (Fsp3) is 0.952. The van der Waals surface area contributed by atoms with E-state index in [1.807, 2.05) is 0 Å². The number of fused-ring (bicyclic) bond motifs is 5. The van der Waals surface area contributed by atoms with Crippen LogP contribution in [0.25, 0.3) is 0 Å². The van der Waals surface area contributed by atoms with Gasteiger partial charge in [-0.3, -0.25) is 4.79 Å². The molecule has 0 amide bonds. The van der Waals surface area contributed by atoms with Gasteiger partial charge < -0.3 is 0 Å². The Hall–Kier alpha value is -0.330. The highest BCUT2D eigenvalue weighted by atomic mass is 16.1. The molecule has 7 atom stereocenters. The van der Waals surface area contributed by atoms with Gasteiger partial charge in [-0.25, -0.2) is 0 Å². The lowest BCUT2D eigenvalue weighted by Gasteiger charge is -2.55. The Morgan fingerprint density at radius 2 is 1.82 bits per heavy atom. The van der Waals surface area contributed by atoms with Gasteiger partial charge in [-0.05, 0) is 85.9 Å². The molecule has 22 heavy (non-hydrogen) atoms. The van der Waals surface area contributed by atoms with E-state index in [2.05, 4.69) is 20.8 Å². The van der Waals surface area contributed by atoms with Crippen LogP contribution in [0.4, 0.5) is 0 Å². The maximum atomic E-state index is 12.5. The lowest BCUT2D eigenvalue weighted by molar-refractivity contribution is -0.135. The van der Waals surface area contributed by atoms with E-state index in [-0.39, 0.29) is 0 Å². The smallest absolute Gasteiger partial charge is 0.136 e. The van der Waals surface area contributed by atoms with Gasteiger partial charge in [0.05, 0.1) is 0 Å². The number of hydrogen-bond donors (Lipinski definition) is 0. The first-order chi connectivity index (χ1) is 10.5. The Morgan fingerprint density at radius 3 is 2.59 bits per heavy atom. The van der Waals surface area contributed by atoms with Crippen molar-refractivity contribution in [2.75, 3.05) is 0 Å². The van der Waals surface area contributed by atoms with E-state index >= 15 is 0 Å². The lowest BCUT2D eigenvalue weighted by atomic mass is 9.49. The SMILES string of the molecule is CC(C)C1C[C@H]2C(CC[C@@H]3[C@@H]2CC[C@]2(C)CCC[C@@H]32)CC1=O. The number of hydrogen-bond acceptors (Lipinski definition) is 1. The Balaban J connectivity index is 1.57. The van der Waals surface area contributed by atoms with Gasteiger partial charge in [0.1, 0.15) is 5.78 Å². The van der Waals surface area contributed by atoms with Crippen LogP contribution in [0.15, 0.2) is 0 Å². The zero-order chi connectivity index (χ0) is 15.5. The summed E-state index contributed by atoms with van der Waals surface area (Å²) in [6.45, 7) is 7.12. The minimum absolute atomic E-state index is 0.372. The summed E-state index contributed by atoms with van der Waals surface area (Å²) in [6, 6.07) is 0. The Morgan fingerprint density at radius 1 is 1.00 bits per heavy atom. The number of carbonyl (C=O) groups is 1. The molecular weight excluding hydrogens is 268 g/mol. The molecule has 4 saturated carbocycles. The number of carbonyl (C=O) groups excluding carboxylic acids is 1. The second-order valence-corrected chi connectivity index (χ2v) is 9.78. The first-order valence-electron chi connectivity index (χ1n) is 10.0. The molecule has 0 aromatic rings. The fourth-order valence-electron chi connectivity index (χ4n) is 7.33. The summed E-state index contributed by atoms with van der Waals surface area (Å²) in [7, 11) is 0. The third kappa shape index (κ3) is 2.21. The van der Waals surface area contributed by atoms with Gasteiger partial charge in [0.25, 0.3) is 0 Å². The van der Waals surface area contributed by atoms with Crippen LogP contribution in [0.1, 0.15) is 78.6 Å². The highest BCUT2D eigenvalue weighted by Gasteiger charge is 2.54. The van der Waals surface area contributed by atoms with Crippen LogP contribution < -0.4 is 0 Å². The zero-order valence-corrected chi connectivity index (χ0v) is 14.8. The van der Waals surface area contributed by atoms with Crippen LogP contribution in [0, 0.1) is 46.8 Å². The summed E-state index contributed by atoms with van der Waals surface area (Å²) in [5, 5.41) is 0. The van der Waals surface area contributed by atoms with Crippen molar-refractivity contribution in [3.05, 3.63) is 0 Å². The highest BCUT2D eigenvalue weighted by Crippen LogP contribution is 2.62. The third-order valence-electron chi connectivity index (χ3n) is 8.51. The van der Waals surface area contributed by atoms with E-state index < -0.39 is 0 Å². The summed E-state index contributed by atoms with van der Waals surface area (Å²) in [5.74, 6) is 6.13. The van der Waals surface area contributed by atoms with Crippen LogP contribution in [0.5, 0.6) is 0 Å². The van der Waals surface area contributed by atoms with Gasteiger partial charge in [0, 0.05) is 12.3 Å². The minimum Gasteiger partial charge on any atom is -0.299 e. The quantitative estimate of drug-likeness (QED) is 0.627. The molecule has 0 bridgehead atoms. The summed E-state index contributed by atoms with van der Waals surface area (Å²) in [5.41, 5.74) is 0.677. The predicted octanol–water partition coefficient (Wildman–Crippen LogP) is 5.48. The molecule has 0 spiro atoms. The zero-order valence-electron chi connectivity index (χ0n) is 14.8. The molecule has 2 unspecified atom stereocenters. The van der Waals surface area contributed by atoms with Crippen molar-refractivity contribution < 1.29 is 4.79 Å². The lowest BCUT2D eigenvalue weighted by Crippen LogP contribution is -2.49. The van der Waals surface area contributed by atoms with Crippen molar-refractivity contribution in [2.45, 2.75) is 78.6 Å². The van der Waals surface area contributed by atoms with Gasteiger partial charge in [-0.2, -0.15) is 0 Å². The molecule has 1 heteroatoms. The van der Waals surface area contributed by atoms with Crippen LogP contribution in [-0.4, -0.2) is 5.78 Å². The van der Waals surface area contributed by atoms with E-state index in [4.69, 9.17) is 0 Å². The van der Waals surface area contributed by atoms with Crippen LogP contribution in [0.2, 0.25) is 0 Å². The second-order valence-electron chi connectivity index (χ2n) is 9.78. The first-order valence-corrected chi connectivity index (χ1v) is 10.0. The molecule has 4 fully saturated rings. The number of ketones is 1. The van der Waals surface area contributed by atoms with E-state index in [1.165, 1.54) is 51.4 Å². The van der Waals surface area contributed by atoms with Crippen molar-refractivity contribution in [1.29, 1.82) is 0 Å². The Labute approximate surface area is 136 Å². The minimum atomic E-state index is 0.372. The number of Topliss-reactive ketones (excluding diaryl/α,β-unsaturated/α-hetero) is 1. The molecule has 0 aromatic carbocycles. The third-order valence-corrected chi connectivity index (χ3v) is 8.51. The van der Waals surface area contributed by atoms with E-state index in [0.717, 1.165) is 36.0 Å². The summed E-state index contributed by atoms with van der Waals surface area (Å²) in [6.07, 6.45) is 12.3. The van der Waals surface area contributed by atoms with Crippen molar-refractivity contribution in [2.24, 2.45) is 46.8 Å². The van der Waals surface area contributed by atoms with Gasteiger partial charge in [0.2, 0.25) is 0 Å². The molecule has 4 aliphatic carbocycles. The van der Waals surface area contributed by atoms with E-state index in [9.17, 15) is 4.79 Å². The molecule has 124 valence electrons. The van der Waals surface area contributed by atoms with Crippen LogP contribution in [0.3, 0.4) is 0 Å². The van der Waals surface area contributed by atoms with Crippen molar-refractivity contribution >= 4 is 5.78 Å². The maximum Gasteiger partial charge on any atom is 0.136 e. The topological polar surface area (TPSA) is 17.1 Å². The van der Waals surface area contributed by atoms with E-state index in [0.29, 0.717) is 23.0 Å². The molecule has 0 heterocycles. The normalized spacial score (nSPS) is 51.4. The second kappa shape index (κ2) is 5.35. The van der Waals surface area contributed by atoms with Gasteiger partial charge >= 0.3 is 0 Å². The molecule has 0 N–H and O–H groups in total. The molecule has 4 aliphatic rings. The monoisotopic (exact) mass is 302 g/mol. The van der Waals surface area contributed by atoms with Crippen LogP contribution >= 0.6 is 0 Å². The summed E-state index contributed by atoms with van der Waals surface area (Å²) < 4.78 is 0. The summed E-state index contributed by atoms with van der Waals surface area (Å²) >= 11 is 0. The van der Waals surface area contributed by atoms with Gasteiger partial charge in [-0.1, -0.05) is 27.2 Å².